The normalized spacial score (nSPS) is 9.78. The first-order chi connectivity index (χ1) is 10.0. The maximum atomic E-state index is 12.2. The van der Waals surface area contributed by atoms with Gasteiger partial charge in [0, 0.05) is 19.2 Å². The third-order valence-corrected chi connectivity index (χ3v) is 3.59. The molecule has 1 rings (SSSR count). The smallest absolute Gasteiger partial charge is 0.255 e. The quantitative estimate of drug-likeness (QED) is 0.673. The predicted molar refractivity (Wildman–Crippen MR) is 102 cm³/mol. The lowest BCUT2D eigenvalue weighted by atomic mass is 10.1. The van der Waals surface area contributed by atoms with Crippen LogP contribution in [0.5, 0.6) is 5.75 Å². The molecule has 0 aliphatic heterocycles. The molecule has 0 radical (unpaired) electrons. The molecular weight excluding hydrogens is 361 g/mol. The number of nitrogens with two attached hydrogens (primary N) is 1. The topological polar surface area (TPSA) is 67.6 Å². The van der Waals surface area contributed by atoms with Gasteiger partial charge in [-0.05, 0) is 25.6 Å². The van der Waals surface area contributed by atoms with Gasteiger partial charge in [0.2, 0.25) is 0 Å². The van der Waals surface area contributed by atoms with E-state index in [1.54, 1.807) is 6.07 Å². The van der Waals surface area contributed by atoms with Crippen molar-refractivity contribution in [2.45, 2.75) is 20.3 Å². The fourth-order valence-electron chi connectivity index (χ4n) is 2.08. The number of benzene rings is 1. The van der Waals surface area contributed by atoms with E-state index < -0.39 is 0 Å². The molecular formula is C15H26Cl3N3O2. The zero-order valence-electron chi connectivity index (χ0n) is 13.7. The van der Waals surface area contributed by atoms with Crippen LogP contribution in [-0.4, -0.2) is 44.1 Å². The van der Waals surface area contributed by atoms with Gasteiger partial charge in [-0.15, -0.1) is 24.8 Å². The van der Waals surface area contributed by atoms with Gasteiger partial charge in [-0.2, -0.15) is 0 Å². The molecule has 23 heavy (non-hydrogen) atoms. The number of ether oxygens (including phenoxy) is 1. The molecule has 134 valence electrons. The Morgan fingerprint density at radius 2 is 1.96 bits per heavy atom. The van der Waals surface area contributed by atoms with Gasteiger partial charge in [0.05, 0.1) is 23.4 Å². The Balaban J connectivity index is 0. The summed E-state index contributed by atoms with van der Waals surface area (Å²) in [6.45, 7) is 7.66. The zero-order valence-corrected chi connectivity index (χ0v) is 16.1. The van der Waals surface area contributed by atoms with Gasteiger partial charge in [-0.25, -0.2) is 0 Å². The molecule has 0 saturated carbocycles. The number of hydrogen-bond acceptors (Lipinski definition) is 4. The molecule has 1 aromatic rings. The number of methoxy groups -OCH3 is 1. The number of nitrogens with one attached hydrogen (secondary N) is 1. The molecule has 0 spiro atoms. The van der Waals surface area contributed by atoms with E-state index in [0.717, 1.165) is 26.1 Å². The highest BCUT2D eigenvalue weighted by Gasteiger charge is 2.14. The number of halogens is 3. The second-order valence-electron chi connectivity index (χ2n) is 4.76. The highest BCUT2D eigenvalue weighted by atomic mass is 35.5. The number of hydrogen-bond donors (Lipinski definition) is 2. The molecule has 1 amide bonds. The minimum absolute atomic E-state index is 0. The van der Waals surface area contributed by atoms with E-state index in [1.807, 2.05) is 0 Å². The highest BCUT2D eigenvalue weighted by Crippen LogP contribution is 2.28. The van der Waals surface area contributed by atoms with Crippen molar-refractivity contribution in [2.24, 2.45) is 0 Å². The van der Waals surface area contributed by atoms with Gasteiger partial charge >= 0.3 is 0 Å². The van der Waals surface area contributed by atoms with E-state index in [2.05, 4.69) is 24.1 Å². The van der Waals surface area contributed by atoms with Crippen LogP contribution in [0.3, 0.4) is 0 Å². The maximum absolute atomic E-state index is 12.2. The number of amides is 1. The number of likely N-dealkylation sites (N-methyl/N-ethyl adjacent to an activating group) is 1. The first kappa shape index (κ1) is 24.4. The van der Waals surface area contributed by atoms with Crippen LogP contribution in [0, 0.1) is 0 Å². The van der Waals surface area contributed by atoms with Crippen molar-refractivity contribution in [2.75, 3.05) is 39.0 Å². The highest BCUT2D eigenvalue weighted by molar-refractivity contribution is 6.33. The Hall–Kier alpha value is -0.880. The molecule has 0 fully saturated rings. The molecule has 0 unspecified atom stereocenters. The van der Waals surface area contributed by atoms with Crippen LogP contribution >= 0.6 is 36.4 Å². The number of nitrogens with zero attached hydrogens (tertiary/aromatic N) is 1. The SMILES string of the molecule is CCCN(CC)CCNC(=O)c1cc(Cl)c(N)cc1OC.Cl.Cl. The van der Waals surface area contributed by atoms with Gasteiger partial charge in [0.1, 0.15) is 5.75 Å². The average Bonchev–Trinajstić information content (AvgIpc) is 2.48. The average molecular weight is 387 g/mol. The number of carbonyl (C=O) groups excluding carboxylic acids is 1. The number of nitrogen functional groups attached to an aromatic ring is 1. The van der Waals surface area contributed by atoms with Crippen molar-refractivity contribution in [3.05, 3.63) is 22.7 Å². The Kier molecular flexibility index (Phi) is 13.3. The second-order valence-corrected chi connectivity index (χ2v) is 5.17. The van der Waals surface area contributed by atoms with Crippen LogP contribution < -0.4 is 15.8 Å². The molecule has 8 heteroatoms. The van der Waals surface area contributed by atoms with Gasteiger partial charge < -0.3 is 20.7 Å². The number of rotatable bonds is 8. The fourth-order valence-corrected chi connectivity index (χ4v) is 2.25. The number of anilines is 1. The summed E-state index contributed by atoms with van der Waals surface area (Å²) < 4.78 is 5.18. The van der Waals surface area contributed by atoms with Crippen LogP contribution in [0.4, 0.5) is 5.69 Å². The number of carbonyl (C=O) groups is 1. The van der Waals surface area contributed by atoms with E-state index in [1.165, 1.54) is 13.2 Å². The summed E-state index contributed by atoms with van der Waals surface area (Å²) >= 11 is 5.97. The molecule has 0 aliphatic rings. The molecule has 1 aromatic carbocycles. The minimum atomic E-state index is -0.207. The van der Waals surface area contributed by atoms with E-state index in [-0.39, 0.29) is 30.7 Å². The van der Waals surface area contributed by atoms with Crippen LogP contribution in [0.25, 0.3) is 0 Å². The molecule has 3 N–H and O–H groups in total. The van der Waals surface area contributed by atoms with E-state index in [0.29, 0.717) is 28.6 Å². The van der Waals surface area contributed by atoms with Crippen molar-refractivity contribution in [3.63, 3.8) is 0 Å². The molecule has 0 aliphatic carbocycles. The summed E-state index contributed by atoms with van der Waals surface area (Å²) in [6, 6.07) is 3.10. The third-order valence-electron chi connectivity index (χ3n) is 3.26. The molecule has 0 aromatic heterocycles. The standard InChI is InChI=1S/C15H24ClN3O2.2ClH/c1-4-7-19(5-2)8-6-18-15(20)11-9-12(16)13(17)10-14(11)21-3;;/h9-10H,4-8,17H2,1-3H3,(H,18,20);2*1H. The maximum Gasteiger partial charge on any atom is 0.255 e. The summed E-state index contributed by atoms with van der Waals surface area (Å²) in [4.78, 5) is 14.5. The van der Waals surface area contributed by atoms with Gasteiger partial charge in [0.25, 0.3) is 5.91 Å². The van der Waals surface area contributed by atoms with Crippen LogP contribution in [0.15, 0.2) is 12.1 Å². The molecule has 0 heterocycles. The van der Waals surface area contributed by atoms with Crippen LogP contribution in [-0.2, 0) is 0 Å². The van der Waals surface area contributed by atoms with E-state index >= 15 is 0 Å². The summed E-state index contributed by atoms with van der Waals surface area (Å²) in [5, 5.41) is 3.23. The molecule has 0 bridgehead atoms. The van der Waals surface area contributed by atoms with Crippen LogP contribution in [0.2, 0.25) is 5.02 Å². The Bertz CT molecular complexity index is 487. The summed E-state index contributed by atoms with van der Waals surface area (Å²) in [5.41, 5.74) is 6.50. The van der Waals surface area contributed by atoms with Gasteiger partial charge in [0.15, 0.2) is 0 Å². The van der Waals surface area contributed by atoms with Crippen LogP contribution in [0.1, 0.15) is 30.6 Å². The summed E-state index contributed by atoms with van der Waals surface area (Å²) in [6.07, 6.45) is 1.10. The fraction of sp³-hybridized carbons (Fsp3) is 0.533. The minimum Gasteiger partial charge on any atom is -0.496 e. The lowest BCUT2D eigenvalue weighted by Gasteiger charge is -2.19. The van der Waals surface area contributed by atoms with Crippen molar-refractivity contribution in [1.82, 2.24) is 10.2 Å². The predicted octanol–water partition coefficient (Wildman–Crippen LogP) is 3.24. The van der Waals surface area contributed by atoms with Gasteiger partial charge in [-0.1, -0.05) is 25.4 Å². The Morgan fingerprint density at radius 3 is 2.48 bits per heavy atom. The van der Waals surface area contributed by atoms with Crippen molar-refractivity contribution in [1.29, 1.82) is 0 Å². The summed E-state index contributed by atoms with van der Waals surface area (Å²) in [5.74, 6) is 0.219. The molecule has 5 nitrogen and oxygen atoms in total. The second kappa shape index (κ2) is 12.5. The lowest BCUT2D eigenvalue weighted by Crippen LogP contribution is -2.35. The van der Waals surface area contributed by atoms with Gasteiger partial charge in [-0.3, -0.25) is 4.79 Å². The summed E-state index contributed by atoms with van der Waals surface area (Å²) in [7, 11) is 1.50. The monoisotopic (exact) mass is 385 g/mol. The third kappa shape index (κ3) is 7.48. The van der Waals surface area contributed by atoms with Crippen molar-refractivity contribution >= 4 is 48.0 Å². The van der Waals surface area contributed by atoms with Crippen molar-refractivity contribution < 1.29 is 9.53 Å². The lowest BCUT2D eigenvalue weighted by molar-refractivity contribution is 0.0945. The van der Waals surface area contributed by atoms with E-state index in [4.69, 9.17) is 22.1 Å². The molecule has 0 atom stereocenters. The molecule has 0 saturated heterocycles. The Morgan fingerprint density at radius 1 is 1.30 bits per heavy atom. The van der Waals surface area contributed by atoms with E-state index in [9.17, 15) is 4.79 Å². The first-order valence-electron chi connectivity index (χ1n) is 7.17. The first-order valence-corrected chi connectivity index (χ1v) is 7.54. The Labute approximate surface area is 155 Å². The van der Waals surface area contributed by atoms with Crippen molar-refractivity contribution in [3.8, 4) is 5.75 Å². The zero-order chi connectivity index (χ0) is 15.8. The largest absolute Gasteiger partial charge is 0.496 e.